The number of benzene rings is 1. The molecule has 1 N–H and O–H groups in total. The van der Waals surface area contributed by atoms with E-state index in [1.165, 1.54) is 11.0 Å². The molecule has 0 spiro atoms. The summed E-state index contributed by atoms with van der Waals surface area (Å²) in [4.78, 5) is 21.0. The highest BCUT2D eigenvalue weighted by atomic mass is 32.2. The van der Waals surface area contributed by atoms with Crippen molar-refractivity contribution in [2.24, 2.45) is 0 Å². The van der Waals surface area contributed by atoms with Gasteiger partial charge in [-0.05, 0) is 57.3 Å². The van der Waals surface area contributed by atoms with Gasteiger partial charge in [-0.25, -0.2) is 13.1 Å². The topological polar surface area (TPSA) is 118 Å². The number of sulfonamides is 1. The smallest absolute Gasteiger partial charge is 0.265 e. The lowest BCUT2D eigenvalue weighted by Gasteiger charge is -2.29. The van der Waals surface area contributed by atoms with Crippen LogP contribution in [0.5, 0.6) is 5.75 Å². The maximum Gasteiger partial charge on any atom is 0.265 e. The van der Waals surface area contributed by atoms with Gasteiger partial charge in [0.15, 0.2) is 12.4 Å². The first-order chi connectivity index (χ1) is 15.9. The van der Waals surface area contributed by atoms with Gasteiger partial charge in [-0.1, -0.05) is 12.1 Å². The van der Waals surface area contributed by atoms with Crippen molar-refractivity contribution in [1.29, 1.82) is 0 Å². The van der Waals surface area contributed by atoms with Crippen molar-refractivity contribution in [3.63, 3.8) is 0 Å². The van der Waals surface area contributed by atoms with E-state index in [-0.39, 0.29) is 30.0 Å². The van der Waals surface area contributed by atoms with Gasteiger partial charge in [0.05, 0.1) is 17.1 Å². The number of likely N-dealkylation sites (tertiary alicyclic amines) is 1. The molecule has 1 saturated carbocycles. The second-order valence-corrected chi connectivity index (χ2v) is 10.7. The Balaban J connectivity index is 1.36. The standard InChI is InChI=1S/C22H29N5O5S/c1-3-26-8-4-5-16(26)11-23-33(29,30)19-10-18-17(9-14(19)2)27(21(28)13-31-18)12-20-24-22(32-25-20)15-6-7-15/h9-10,15-16,23H,3-8,11-13H2,1-2H3/t16-/m1/s1. The SMILES string of the molecule is CCN1CCC[C@@H]1CNS(=O)(=O)c1cc2c(cc1C)N(Cc1noc(C3CC3)n1)C(=O)CO2. The molecule has 1 atom stereocenters. The third-order valence-electron chi connectivity index (χ3n) is 6.61. The van der Waals surface area contributed by atoms with Gasteiger partial charge in [-0.15, -0.1) is 0 Å². The number of hydrogen-bond acceptors (Lipinski definition) is 8. The molecule has 1 amide bonds. The molecule has 11 heteroatoms. The summed E-state index contributed by atoms with van der Waals surface area (Å²) in [6, 6.07) is 3.39. The molecule has 0 radical (unpaired) electrons. The number of hydrogen-bond donors (Lipinski definition) is 1. The van der Waals surface area contributed by atoms with Crippen molar-refractivity contribution in [3.8, 4) is 5.75 Å². The second-order valence-electron chi connectivity index (χ2n) is 8.95. The fraction of sp³-hybridized carbons (Fsp3) is 0.591. The molecule has 10 nitrogen and oxygen atoms in total. The van der Waals surface area contributed by atoms with Crippen LogP contribution in [-0.2, 0) is 21.4 Å². The lowest BCUT2D eigenvalue weighted by atomic mass is 10.1. The molecule has 0 bridgehead atoms. The van der Waals surface area contributed by atoms with E-state index < -0.39 is 10.0 Å². The molecular weight excluding hydrogens is 446 g/mol. The molecule has 0 unspecified atom stereocenters. The maximum atomic E-state index is 13.1. The predicted molar refractivity (Wildman–Crippen MR) is 120 cm³/mol. The van der Waals surface area contributed by atoms with E-state index >= 15 is 0 Å². The Morgan fingerprint density at radius 3 is 2.82 bits per heavy atom. The van der Waals surface area contributed by atoms with Gasteiger partial charge in [-0.3, -0.25) is 14.6 Å². The highest BCUT2D eigenvalue weighted by molar-refractivity contribution is 7.89. The summed E-state index contributed by atoms with van der Waals surface area (Å²) in [7, 11) is -3.73. The van der Waals surface area contributed by atoms with Gasteiger partial charge in [-0.2, -0.15) is 4.98 Å². The van der Waals surface area contributed by atoms with Gasteiger partial charge >= 0.3 is 0 Å². The summed E-state index contributed by atoms with van der Waals surface area (Å²) < 4.78 is 39.9. The third kappa shape index (κ3) is 4.49. The summed E-state index contributed by atoms with van der Waals surface area (Å²) in [6.07, 6.45) is 4.15. The molecule has 3 aliphatic rings. The van der Waals surface area contributed by atoms with Crippen LogP contribution < -0.4 is 14.4 Å². The van der Waals surface area contributed by atoms with Crippen LogP contribution in [0.2, 0.25) is 0 Å². The Bertz CT molecular complexity index is 1160. The third-order valence-corrected chi connectivity index (χ3v) is 8.18. The van der Waals surface area contributed by atoms with E-state index in [1.54, 1.807) is 13.0 Å². The number of aryl methyl sites for hydroxylation is 1. The summed E-state index contributed by atoms with van der Waals surface area (Å²) in [5, 5.41) is 4.00. The summed E-state index contributed by atoms with van der Waals surface area (Å²) in [6.45, 7) is 6.06. The van der Waals surface area contributed by atoms with Crippen molar-refractivity contribution >= 4 is 21.6 Å². The van der Waals surface area contributed by atoms with Crippen molar-refractivity contribution in [2.45, 2.75) is 62.9 Å². The van der Waals surface area contributed by atoms with Crippen molar-refractivity contribution in [2.75, 3.05) is 31.1 Å². The van der Waals surface area contributed by atoms with Gasteiger partial charge in [0, 0.05) is 24.6 Å². The molecular formula is C22H29N5O5S. The van der Waals surface area contributed by atoms with Crippen LogP contribution in [0.15, 0.2) is 21.6 Å². The van der Waals surface area contributed by atoms with Crippen LogP contribution in [0.1, 0.15) is 55.8 Å². The van der Waals surface area contributed by atoms with E-state index in [1.807, 2.05) is 0 Å². The number of aromatic nitrogens is 2. The fourth-order valence-corrected chi connectivity index (χ4v) is 5.90. The minimum Gasteiger partial charge on any atom is -0.482 e. The Morgan fingerprint density at radius 1 is 1.24 bits per heavy atom. The van der Waals surface area contributed by atoms with Gasteiger partial charge < -0.3 is 9.26 Å². The number of rotatable bonds is 8. The zero-order chi connectivity index (χ0) is 23.2. The van der Waals surface area contributed by atoms with Gasteiger partial charge in [0.2, 0.25) is 15.9 Å². The molecule has 178 valence electrons. The number of nitrogens with one attached hydrogen (secondary N) is 1. The molecule has 2 aromatic rings. The minimum absolute atomic E-state index is 0.143. The zero-order valence-electron chi connectivity index (χ0n) is 18.9. The lowest BCUT2D eigenvalue weighted by Crippen LogP contribution is -2.40. The van der Waals surface area contributed by atoms with Crippen LogP contribution in [0.25, 0.3) is 0 Å². The van der Waals surface area contributed by atoms with Gasteiger partial charge in [0.1, 0.15) is 5.75 Å². The van der Waals surface area contributed by atoms with Crippen molar-refractivity contribution in [3.05, 3.63) is 29.4 Å². The quantitative estimate of drug-likeness (QED) is 0.616. The molecule has 3 heterocycles. The largest absolute Gasteiger partial charge is 0.482 e. The average Bonchev–Trinajstić information content (AvgIpc) is 3.36. The second kappa shape index (κ2) is 8.69. The first-order valence-electron chi connectivity index (χ1n) is 11.5. The lowest BCUT2D eigenvalue weighted by molar-refractivity contribution is -0.121. The number of nitrogens with zero attached hydrogens (tertiary/aromatic N) is 4. The summed E-state index contributed by atoms with van der Waals surface area (Å²) in [5.74, 6) is 1.47. The number of amides is 1. The normalized spacial score (nSPS) is 21.3. The number of ether oxygens (including phenoxy) is 1. The Hall–Kier alpha value is -2.50. The minimum atomic E-state index is -3.73. The average molecular weight is 476 g/mol. The molecule has 1 aliphatic carbocycles. The Labute approximate surface area is 193 Å². The highest BCUT2D eigenvalue weighted by Crippen LogP contribution is 2.40. The van der Waals surface area contributed by atoms with Gasteiger partial charge in [0.25, 0.3) is 5.91 Å². The molecule has 1 aromatic carbocycles. The van der Waals surface area contributed by atoms with E-state index in [0.29, 0.717) is 41.2 Å². The van der Waals surface area contributed by atoms with E-state index in [2.05, 4.69) is 26.7 Å². The summed E-state index contributed by atoms with van der Waals surface area (Å²) >= 11 is 0. The number of carbonyl (C=O) groups is 1. The molecule has 2 fully saturated rings. The van der Waals surface area contributed by atoms with Crippen LogP contribution >= 0.6 is 0 Å². The monoisotopic (exact) mass is 475 g/mol. The van der Waals surface area contributed by atoms with Crippen molar-refractivity contribution < 1.29 is 22.5 Å². The Kier molecular flexibility index (Phi) is 5.87. The number of anilines is 1. The molecule has 1 saturated heterocycles. The predicted octanol–water partition coefficient (Wildman–Crippen LogP) is 1.94. The molecule has 5 rings (SSSR count). The highest BCUT2D eigenvalue weighted by Gasteiger charge is 2.33. The molecule has 1 aromatic heterocycles. The molecule has 33 heavy (non-hydrogen) atoms. The number of fused-ring (bicyclic) bond motifs is 1. The number of likely N-dealkylation sites (N-methyl/N-ethyl adjacent to an activating group) is 1. The van der Waals surface area contributed by atoms with Crippen LogP contribution in [-0.4, -0.2) is 61.6 Å². The van der Waals surface area contributed by atoms with E-state index in [4.69, 9.17) is 9.26 Å². The van der Waals surface area contributed by atoms with Crippen LogP contribution in [0.4, 0.5) is 5.69 Å². The summed E-state index contributed by atoms with van der Waals surface area (Å²) in [5.41, 5.74) is 1.04. The van der Waals surface area contributed by atoms with Crippen LogP contribution in [0, 0.1) is 6.92 Å². The van der Waals surface area contributed by atoms with E-state index in [0.717, 1.165) is 38.8 Å². The Morgan fingerprint density at radius 2 is 2.06 bits per heavy atom. The fourth-order valence-electron chi connectivity index (χ4n) is 4.59. The maximum absolute atomic E-state index is 13.1. The van der Waals surface area contributed by atoms with Crippen molar-refractivity contribution in [1.82, 2.24) is 19.8 Å². The molecule has 2 aliphatic heterocycles. The van der Waals surface area contributed by atoms with Crippen LogP contribution in [0.3, 0.4) is 0 Å². The first-order valence-corrected chi connectivity index (χ1v) is 13.0. The zero-order valence-corrected chi connectivity index (χ0v) is 19.7. The number of carbonyl (C=O) groups excluding carboxylic acids is 1. The van der Waals surface area contributed by atoms with E-state index in [9.17, 15) is 13.2 Å². The first kappa shape index (κ1) is 22.3.